The first kappa shape index (κ1) is 23.7. The van der Waals surface area contributed by atoms with Crippen molar-refractivity contribution in [2.75, 3.05) is 39.6 Å². The number of ether oxygens (including phenoxy) is 4. The molecule has 0 radical (unpaired) electrons. The molecule has 2 aliphatic rings. The molecule has 0 amide bonds. The van der Waals surface area contributed by atoms with Crippen LogP contribution in [0.15, 0.2) is 60.5 Å². The van der Waals surface area contributed by atoms with Crippen molar-refractivity contribution in [3.63, 3.8) is 0 Å². The molecule has 3 rings (SSSR count). The van der Waals surface area contributed by atoms with E-state index >= 15 is 0 Å². The van der Waals surface area contributed by atoms with Gasteiger partial charge in [-0.25, -0.2) is 0 Å². The van der Waals surface area contributed by atoms with Crippen LogP contribution in [0.5, 0.6) is 0 Å². The standard InChI is InChI=1S/C13H16O5S.C7H12O3/c1-2-11-8-17-12(9-16-11)10-18-19(14,15)13-6-4-3-5-7-13;1-2-6-4-10-7(3-8)5-9-6/h2-7,11-12H,1,8-10H2;2,6-8H,1,3-5H2/t11-,12-;6-,7+/m00/s1. The number of benzene rings is 1. The summed E-state index contributed by atoms with van der Waals surface area (Å²) in [5, 5.41) is 8.62. The van der Waals surface area contributed by atoms with Gasteiger partial charge in [0, 0.05) is 0 Å². The molecule has 0 bridgehead atoms. The van der Waals surface area contributed by atoms with Gasteiger partial charge in [-0.1, -0.05) is 30.4 Å². The molecule has 4 atom stereocenters. The van der Waals surface area contributed by atoms with E-state index in [0.29, 0.717) is 26.4 Å². The SMILES string of the molecule is C=C[C@H]1CO[C@H](CO)CO1.C=C[C@H]1CO[C@H](COS(=O)(=O)c2ccccc2)CO1. The summed E-state index contributed by atoms with van der Waals surface area (Å²) in [6.07, 6.45) is 2.70. The topological polar surface area (TPSA) is 101 Å². The van der Waals surface area contributed by atoms with Crippen molar-refractivity contribution < 1.29 is 36.7 Å². The molecule has 2 aliphatic heterocycles. The zero-order valence-corrected chi connectivity index (χ0v) is 17.0. The summed E-state index contributed by atoms with van der Waals surface area (Å²) in [7, 11) is -3.73. The molecule has 162 valence electrons. The van der Waals surface area contributed by atoms with Crippen molar-refractivity contribution >= 4 is 10.1 Å². The quantitative estimate of drug-likeness (QED) is 0.513. The van der Waals surface area contributed by atoms with E-state index in [1.807, 2.05) is 0 Å². The first-order valence-corrected chi connectivity index (χ1v) is 10.7. The van der Waals surface area contributed by atoms with Gasteiger partial charge in [-0.3, -0.25) is 4.18 Å². The zero-order chi connectivity index (χ0) is 21.1. The van der Waals surface area contributed by atoms with Gasteiger partial charge in [0.2, 0.25) is 0 Å². The van der Waals surface area contributed by atoms with Gasteiger partial charge in [0.15, 0.2) is 0 Å². The molecule has 29 heavy (non-hydrogen) atoms. The second-order valence-corrected chi connectivity index (χ2v) is 7.98. The van der Waals surface area contributed by atoms with Crippen molar-refractivity contribution in [1.29, 1.82) is 0 Å². The van der Waals surface area contributed by atoms with Crippen LogP contribution in [0.25, 0.3) is 0 Å². The maximum absolute atomic E-state index is 11.9. The van der Waals surface area contributed by atoms with E-state index in [1.165, 1.54) is 12.1 Å². The second-order valence-electron chi connectivity index (χ2n) is 6.36. The lowest BCUT2D eigenvalue weighted by Crippen LogP contribution is -2.37. The number of hydrogen-bond donors (Lipinski definition) is 1. The van der Waals surface area contributed by atoms with Crippen molar-refractivity contribution in [3.05, 3.63) is 55.6 Å². The van der Waals surface area contributed by atoms with Crippen LogP contribution in [0.4, 0.5) is 0 Å². The zero-order valence-electron chi connectivity index (χ0n) is 16.2. The minimum atomic E-state index is -3.73. The van der Waals surface area contributed by atoms with Gasteiger partial charge in [-0.2, -0.15) is 8.42 Å². The second kappa shape index (κ2) is 12.2. The van der Waals surface area contributed by atoms with Gasteiger partial charge in [0.05, 0.1) is 56.7 Å². The van der Waals surface area contributed by atoms with Crippen LogP contribution in [0.2, 0.25) is 0 Å². The fraction of sp³-hybridized carbons (Fsp3) is 0.500. The molecule has 9 heteroatoms. The molecule has 2 heterocycles. The minimum absolute atomic E-state index is 0.00259. The van der Waals surface area contributed by atoms with Crippen molar-refractivity contribution in [2.24, 2.45) is 0 Å². The summed E-state index contributed by atoms with van der Waals surface area (Å²) in [5.41, 5.74) is 0. The maximum atomic E-state index is 11.9. The highest BCUT2D eigenvalue weighted by molar-refractivity contribution is 7.86. The van der Waals surface area contributed by atoms with Gasteiger partial charge < -0.3 is 24.1 Å². The van der Waals surface area contributed by atoms with E-state index in [9.17, 15) is 8.42 Å². The predicted octanol–water partition coefficient (Wildman–Crippen LogP) is 1.31. The average molecular weight is 429 g/mol. The van der Waals surface area contributed by atoms with Crippen LogP contribution < -0.4 is 0 Å². The minimum Gasteiger partial charge on any atom is -0.394 e. The summed E-state index contributed by atoms with van der Waals surface area (Å²) < 4.78 is 49.9. The third-order valence-corrected chi connectivity index (χ3v) is 5.45. The Balaban J connectivity index is 0.000000253. The van der Waals surface area contributed by atoms with Gasteiger partial charge >= 0.3 is 0 Å². The fourth-order valence-electron chi connectivity index (χ4n) is 2.41. The molecule has 1 aromatic carbocycles. The van der Waals surface area contributed by atoms with Crippen LogP contribution in [-0.2, 0) is 33.2 Å². The summed E-state index contributed by atoms with van der Waals surface area (Å²) in [5.74, 6) is 0. The van der Waals surface area contributed by atoms with Crippen LogP contribution in [0.3, 0.4) is 0 Å². The van der Waals surface area contributed by atoms with Gasteiger partial charge in [0.1, 0.15) is 12.2 Å². The maximum Gasteiger partial charge on any atom is 0.297 e. The first-order chi connectivity index (χ1) is 14.0. The monoisotopic (exact) mass is 428 g/mol. The highest BCUT2D eigenvalue weighted by Gasteiger charge is 2.23. The molecule has 2 fully saturated rings. The Labute approximate surface area is 171 Å². The van der Waals surface area contributed by atoms with E-state index in [-0.39, 0.29) is 42.5 Å². The Morgan fingerprint density at radius 2 is 1.48 bits per heavy atom. The lowest BCUT2D eigenvalue weighted by atomic mass is 10.3. The molecule has 0 spiro atoms. The molecule has 1 aromatic rings. The molecule has 1 N–H and O–H groups in total. The average Bonchev–Trinajstić information content (AvgIpc) is 2.79. The molecule has 2 saturated heterocycles. The number of aliphatic hydroxyl groups excluding tert-OH is 1. The molecule has 0 unspecified atom stereocenters. The van der Waals surface area contributed by atoms with E-state index in [4.69, 9.17) is 28.2 Å². The Morgan fingerprint density at radius 3 is 1.93 bits per heavy atom. The Bertz CT molecular complexity index is 705. The molecule has 0 saturated carbocycles. The highest BCUT2D eigenvalue weighted by Crippen LogP contribution is 2.14. The molecule has 0 aliphatic carbocycles. The lowest BCUT2D eigenvalue weighted by molar-refractivity contribution is -0.129. The van der Waals surface area contributed by atoms with E-state index in [2.05, 4.69) is 13.2 Å². The summed E-state index contributed by atoms with van der Waals surface area (Å²) in [4.78, 5) is 0.135. The van der Waals surface area contributed by atoms with E-state index in [1.54, 1.807) is 30.4 Å². The van der Waals surface area contributed by atoms with Crippen molar-refractivity contribution in [1.82, 2.24) is 0 Å². The third-order valence-electron chi connectivity index (χ3n) is 4.16. The number of hydrogen-bond acceptors (Lipinski definition) is 8. The smallest absolute Gasteiger partial charge is 0.297 e. The largest absolute Gasteiger partial charge is 0.394 e. The van der Waals surface area contributed by atoms with Crippen LogP contribution in [-0.4, -0.2) is 77.6 Å². The fourth-order valence-corrected chi connectivity index (χ4v) is 3.37. The summed E-state index contributed by atoms with van der Waals surface area (Å²) >= 11 is 0. The molecular weight excluding hydrogens is 400 g/mol. The Hall–Kier alpha value is -1.59. The Kier molecular flexibility index (Phi) is 9.95. The van der Waals surface area contributed by atoms with Gasteiger partial charge in [-0.05, 0) is 12.1 Å². The summed E-state index contributed by atoms with van der Waals surface area (Å²) in [6, 6.07) is 8.01. The van der Waals surface area contributed by atoms with Gasteiger partial charge in [-0.15, -0.1) is 13.2 Å². The number of rotatable bonds is 7. The van der Waals surface area contributed by atoms with Crippen molar-refractivity contribution in [2.45, 2.75) is 29.3 Å². The summed E-state index contributed by atoms with van der Waals surface area (Å²) in [6.45, 7) is 8.78. The molecular formula is C20H28O8S. The van der Waals surface area contributed by atoms with E-state index in [0.717, 1.165) is 0 Å². The van der Waals surface area contributed by atoms with Crippen LogP contribution in [0.1, 0.15) is 0 Å². The van der Waals surface area contributed by atoms with Crippen LogP contribution >= 0.6 is 0 Å². The van der Waals surface area contributed by atoms with E-state index < -0.39 is 10.1 Å². The highest BCUT2D eigenvalue weighted by atomic mass is 32.2. The normalized spacial score (nSPS) is 27.3. The third kappa shape index (κ3) is 7.98. The lowest BCUT2D eigenvalue weighted by Gasteiger charge is -2.27. The van der Waals surface area contributed by atoms with Crippen molar-refractivity contribution in [3.8, 4) is 0 Å². The van der Waals surface area contributed by atoms with Crippen LogP contribution in [0, 0.1) is 0 Å². The predicted molar refractivity (Wildman–Crippen MR) is 106 cm³/mol. The molecule has 0 aromatic heterocycles. The first-order valence-electron chi connectivity index (χ1n) is 9.25. The Morgan fingerprint density at radius 1 is 0.931 bits per heavy atom. The molecule has 8 nitrogen and oxygen atoms in total. The van der Waals surface area contributed by atoms with Gasteiger partial charge in [0.25, 0.3) is 10.1 Å². The number of aliphatic hydroxyl groups is 1.